The smallest absolute Gasteiger partial charge is 0.251 e. The number of aryl methyl sites for hydroxylation is 1. The largest absolute Gasteiger partial charge is 0.397 e. The van der Waals surface area contributed by atoms with Gasteiger partial charge < -0.3 is 16.8 Å². The molecule has 2 rings (SSSR count). The van der Waals surface area contributed by atoms with E-state index in [4.69, 9.17) is 23.1 Å². The molecular formula is C13H14ClN5O2. The molecular weight excluding hydrogens is 294 g/mol. The summed E-state index contributed by atoms with van der Waals surface area (Å²) in [5.41, 5.74) is 12.1. The summed E-state index contributed by atoms with van der Waals surface area (Å²) in [5.74, 6) is -0.794. The third-order valence-electron chi connectivity index (χ3n) is 2.78. The highest BCUT2D eigenvalue weighted by atomic mass is 35.5. The molecule has 0 atom stereocenters. The number of carbonyl (C=O) groups excluding carboxylic acids is 2. The zero-order valence-electron chi connectivity index (χ0n) is 11.0. The Morgan fingerprint density at radius 1 is 1.38 bits per heavy atom. The lowest BCUT2D eigenvalue weighted by Gasteiger charge is -2.08. The van der Waals surface area contributed by atoms with Crippen LogP contribution in [-0.4, -0.2) is 21.6 Å². The van der Waals surface area contributed by atoms with E-state index in [1.807, 2.05) is 0 Å². The molecule has 0 spiro atoms. The number of nitrogens with one attached hydrogen (secondary N) is 1. The average Bonchev–Trinajstić information content (AvgIpc) is 2.90. The zero-order valence-corrected chi connectivity index (χ0v) is 11.8. The minimum Gasteiger partial charge on any atom is -0.397 e. The van der Waals surface area contributed by atoms with Crippen molar-refractivity contribution in [2.45, 2.75) is 13.0 Å². The van der Waals surface area contributed by atoms with Gasteiger partial charge in [0.2, 0.25) is 5.91 Å². The lowest BCUT2D eigenvalue weighted by molar-refractivity contribution is -0.116. The van der Waals surface area contributed by atoms with E-state index >= 15 is 0 Å². The number of hydrogen-bond acceptors (Lipinski definition) is 4. The SMILES string of the molecule is NC(=O)c1cnn(CCC(=O)Nc2cc(Cl)ccc2N)c1. The number of carbonyl (C=O) groups is 2. The van der Waals surface area contributed by atoms with Crippen LogP contribution in [0.3, 0.4) is 0 Å². The first-order chi connectivity index (χ1) is 9.95. The Kier molecular flexibility index (Phi) is 4.44. The van der Waals surface area contributed by atoms with Crippen LogP contribution < -0.4 is 16.8 Å². The predicted octanol–water partition coefficient (Wildman–Crippen LogP) is 1.25. The summed E-state index contributed by atoms with van der Waals surface area (Å²) in [5, 5.41) is 7.09. The molecule has 0 radical (unpaired) electrons. The molecule has 1 aromatic heterocycles. The fraction of sp³-hybridized carbons (Fsp3) is 0.154. The van der Waals surface area contributed by atoms with Crippen molar-refractivity contribution in [3.63, 3.8) is 0 Å². The maximum Gasteiger partial charge on any atom is 0.251 e. The third kappa shape index (κ3) is 3.96. The topological polar surface area (TPSA) is 116 Å². The summed E-state index contributed by atoms with van der Waals surface area (Å²) < 4.78 is 1.47. The highest BCUT2D eigenvalue weighted by Gasteiger charge is 2.08. The second-order valence-corrected chi connectivity index (χ2v) is 4.82. The van der Waals surface area contributed by atoms with Gasteiger partial charge >= 0.3 is 0 Å². The molecule has 0 saturated carbocycles. The van der Waals surface area contributed by atoms with Gasteiger partial charge in [-0.3, -0.25) is 14.3 Å². The molecule has 7 nitrogen and oxygen atoms in total. The van der Waals surface area contributed by atoms with Crippen LogP contribution in [0, 0.1) is 0 Å². The number of halogens is 1. The number of amides is 2. The minimum atomic E-state index is -0.558. The molecule has 0 unspecified atom stereocenters. The number of anilines is 2. The van der Waals surface area contributed by atoms with Crippen LogP contribution in [0.1, 0.15) is 16.8 Å². The second kappa shape index (κ2) is 6.27. The van der Waals surface area contributed by atoms with Crippen LogP contribution in [0.15, 0.2) is 30.6 Å². The molecule has 0 aliphatic carbocycles. The van der Waals surface area contributed by atoms with Gasteiger partial charge in [0, 0.05) is 24.2 Å². The maximum absolute atomic E-state index is 11.8. The number of nitrogens with two attached hydrogens (primary N) is 2. The number of nitrogens with zero attached hydrogens (tertiary/aromatic N) is 2. The van der Waals surface area contributed by atoms with E-state index < -0.39 is 5.91 Å². The summed E-state index contributed by atoms with van der Waals surface area (Å²) in [4.78, 5) is 22.8. The first-order valence-electron chi connectivity index (χ1n) is 6.13. The minimum absolute atomic E-state index is 0.172. The van der Waals surface area contributed by atoms with E-state index in [9.17, 15) is 9.59 Å². The van der Waals surface area contributed by atoms with Crippen molar-refractivity contribution < 1.29 is 9.59 Å². The van der Waals surface area contributed by atoms with Crippen molar-refractivity contribution in [3.05, 3.63) is 41.2 Å². The molecule has 0 bridgehead atoms. The van der Waals surface area contributed by atoms with Gasteiger partial charge in [0.25, 0.3) is 5.91 Å². The second-order valence-electron chi connectivity index (χ2n) is 4.39. The Balaban J connectivity index is 1.92. The molecule has 8 heteroatoms. The van der Waals surface area contributed by atoms with Crippen molar-refractivity contribution in [2.75, 3.05) is 11.1 Å². The van der Waals surface area contributed by atoms with E-state index in [2.05, 4.69) is 10.4 Å². The number of aromatic nitrogens is 2. The van der Waals surface area contributed by atoms with Crippen molar-refractivity contribution >= 4 is 34.8 Å². The Labute approximate surface area is 125 Å². The quantitative estimate of drug-likeness (QED) is 0.721. The van der Waals surface area contributed by atoms with Gasteiger partial charge in [0.1, 0.15) is 0 Å². The number of hydrogen-bond donors (Lipinski definition) is 3. The predicted molar refractivity (Wildman–Crippen MR) is 79.9 cm³/mol. The standard InChI is InChI=1S/C13H14ClN5O2/c14-9-1-2-10(15)11(5-9)18-12(20)3-4-19-7-8(6-17-19)13(16)21/h1-2,5-7H,3-4,15H2,(H2,16,21)(H,18,20). The average molecular weight is 308 g/mol. The first-order valence-corrected chi connectivity index (χ1v) is 6.50. The third-order valence-corrected chi connectivity index (χ3v) is 3.01. The molecule has 21 heavy (non-hydrogen) atoms. The molecule has 110 valence electrons. The van der Waals surface area contributed by atoms with Crippen LogP contribution in [0.25, 0.3) is 0 Å². The lowest BCUT2D eigenvalue weighted by atomic mass is 10.2. The summed E-state index contributed by atoms with van der Waals surface area (Å²) in [6.45, 7) is 0.319. The van der Waals surface area contributed by atoms with Crippen molar-refractivity contribution in [2.24, 2.45) is 5.73 Å². The Bertz CT molecular complexity index is 683. The van der Waals surface area contributed by atoms with Crippen LogP contribution in [-0.2, 0) is 11.3 Å². The van der Waals surface area contributed by atoms with Gasteiger partial charge in [-0.1, -0.05) is 11.6 Å². The molecule has 2 aromatic rings. The number of nitrogen functional groups attached to an aromatic ring is 1. The Morgan fingerprint density at radius 2 is 2.14 bits per heavy atom. The molecule has 1 aromatic carbocycles. The lowest BCUT2D eigenvalue weighted by Crippen LogP contribution is -2.15. The fourth-order valence-corrected chi connectivity index (χ4v) is 1.85. The van der Waals surface area contributed by atoms with Crippen LogP contribution in [0.4, 0.5) is 11.4 Å². The highest BCUT2D eigenvalue weighted by molar-refractivity contribution is 6.31. The molecule has 0 saturated heterocycles. The normalized spacial score (nSPS) is 10.3. The van der Waals surface area contributed by atoms with Gasteiger partial charge in [0.15, 0.2) is 0 Å². The zero-order chi connectivity index (χ0) is 15.4. The summed E-state index contributed by atoms with van der Waals surface area (Å²) in [7, 11) is 0. The van der Waals surface area contributed by atoms with E-state index in [1.165, 1.54) is 17.1 Å². The van der Waals surface area contributed by atoms with Gasteiger partial charge in [0.05, 0.1) is 23.1 Å². The van der Waals surface area contributed by atoms with Gasteiger partial charge in [-0.25, -0.2) is 0 Å². The van der Waals surface area contributed by atoms with Crippen molar-refractivity contribution in [3.8, 4) is 0 Å². The van der Waals surface area contributed by atoms with Crippen molar-refractivity contribution in [1.29, 1.82) is 0 Å². The Hall–Kier alpha value is -2.54. The fourth-order valence-electron chi connectivity index (χ4n) is 1.68. The molecule has 0 aliphatic rings. The van der Waals surface area contributed by atoms with E-state index in [0.29, 0.717) is 28.5 Å². The van der Waals surface area contributed by atoms with Crippen LogP contribution >= 0.6 is 11.6 Å². The first kappa shape index (κ1) is 14.9. The van der Waals surface area contributed by atoms with E-state index in [0.717, 1.165) is 0 Å². The summed E-state index contributed by atoms with van der Waals surface area (Å²) >= 11 is 5.84. The molecule has 0 fully saturated rings. The van der Waals surface area contributed by atoms with Crippen LogP contribution in [0.2, 0.25) is 5.02 Å². The summed E-state index contributed by atoms with van der Waals surface area (Å²) in [6, 6.07) is 4.83. The van der Waals surface area contributed by atoms with Gasteiger partial charge in [-0.15, -0.1) is 0 Å². The van der Waals surface area contributed by atoms with E-state index in [-0.39, 0.29) is 12.3 Å². The van der Waals surface area contributed by atoms with Crippen molar-refractivity contribution in [1.82, 2.24) is 9.78 Å². The van der Waals surface area contributed by atoms with Crippen LogP contribution in [0.5, 0.6) is 0 Å². The van der Waals surface area contributed by atoms with Gasteiger partial charge in [-0.2, -0.15) is 5.10 Å². The van der Waals surface area contributed by atoms with Gasteiger partial charge in [-0.05, 0) is 18.2 Å². The molecule has 2 amide bonds. The molecule has 5 N–H and O–H groups in total. The monoisotopic (exact) mass is 307 g/mol. The number of primary amides is 1. The summed E-state index contributed by atoms with van der Waals surface area (Å²) in [6.07, 6.45) is 3.02. The number of rotatable bonds is 5. The number of benzene rings is 1. The highest BCUT2D eigenvalue weighted by Crippen LogP contribution is 2.22. The van der Waals surface area contributed by atoms with E-state index in [1.54, 1.807) is 18.2 Å². The molecule has 1 heterocycles. The maximum atomic E-state index is 11.8. The molecule has 0 aliphatic heterocycles. The Morgan fingerprint density at radius 3 is 2.81 bits per heavy atom.